The van der Waals surface area contributed by atoms with Gasteiger partial charge >= 0.3 is 0 Å². The number of benzene rings is 4. The van der Waals surface area contributed by atoms with Gasteiger partial charge in [-0.25, -0.2) is 30.4 Å². The van der Waals surface area contributed by atoms with E-state index in [1.807, 2.05) is 24.3 Å². The summed E-state index contributed by atoms with van der Waals surface area (Å²) in [6.45, 7) is -0.897. The van der Waals surface area contributed by atoms with Crippen LogP contribution < -0.4 is 10.2 Å². The summed E-state index contributed by atoms with van der Waals surface area (Å²) in [6.07, 6.45) is 5.59. The largest absolute Gasteiger partial charge is 0.375 e. The molecule has 5 rings (SSSR count). The van der Waals surface area contributed by atoms with Crippen LogP contribution >= 0.6 is 0 Å². The van der Waals surface area contributed by atoms with Crippen LogP contribution in [0, 0.1) is 29.1 Å². The molecule has 1 aliphatic rings. The van der Waals surface area contributed by atoms with Crippen molar-refractivity contribution in [3.8, 4) is 0 Å². The number of carbonyl (C=O) groups excluding carboxylic acids is 2. The summed E-state index contributed by atoms with van der Waals surface area (Å²) < 4.78 is 106. The number of carbonyl (C=O) groups is 2. The van der Waals surface area contributed by atoms with Crippen molar-refractivity contribution in [3.05, 3.63) is 130 Å². The highest BCUT2D eigenvalue weighted by Gasteiger charge is 2.42. The Balaban J connectivity index is 1.55. The van der Waals surface area contributed by atoms with Gasteiger partial charge in [-0.1, -0.05) is 73.9 Å². The van der Waals surface area contributed by atoms with E-state index in [9.17, 15) is 40.0 Å². The number of ether oxygens (including phenoxy) is 1. The zero-order valence-corrected chi connectivity index (χ0v) is 29.4. The molecule has 0 aromatic heterocycles. The Morgan fingerprint density at radius 2 is 1.37 bits per heavy atom. The standard InChI is InChI=1S/C38H38F5N3O5S/c1-44-37(47)28-17-19-29(20-18-28)46(21-24-13-15-27(16-14-24)26-11-7-4-8-12-26)38(48)30(23-51-22-25-9-5-3-6-10-25)45(2)52(49,50)36-34(42)32(40)31(39)33(41)35(36)43/h3,5-6,9-10,13-20,26,30H,4,7-8,11-12,21-23H2,1-2H3,(H,44,47)/t30-/m1/s1. The highest BCUT2D eigenvalue weighted by atomic mass is 32.2. The topological polar surface area (TPSA) is 96.0 Å². The Bertz CT molecular complexity index is 1960. The van der Waals surface area contributed by atoms with Crippen LogP contribution in [-0.2, 0) is 32.7 Å². The molecule has 1 saturated carbocycles. The summed E-state index contributed by atoms with van der Waals surface area (Å²) in [5.74, 6) is -13.5. The van der Waals surface area contributed by atoms with Gasteiger partial charge in [-0.3, -0.25) is 9.59 Å². The van der Waals surface area contributed by atoms with E-state index < -0.39 is 68.5 Å². The van der Waals surface area contributed by atoms with Gasteiger partial charge < -0.3 is 15.0 Å². The molecule has 276 valence electrons. The highest BCUT2D eigenvalue weighted by molar-refractivity contribution is 7.89. The van der Waals surface area contributed by atoms with E-state index in [1.54, 1.807) is 30.3 Å². The van der Waals surface area contributed by atoms with E-state index in [0.717, 1.165) is 38.3 Å². The Labute approximate surface area is 299 Å². The number of nitrogens with one attached hydrogen (secondary N) is 1. The summed E-state index contributed by atoms with van der Waals surface area (Å²) >= 11 is 0. The van der Waals surface area contributed by atoms with Gasteiger partial charge in [-0.05, 0) is 59.7 Å². The lowest BCUT2D eigenvalue weighted by molar-refractivity contribution is -0.124. The first-order valence-corrected chi connectivity index (χ1v) is 18.1. The molecule has 1 atom stereocenters. The lowest BCUT2D eigenvalue weighted by Crippen LogP contribution is -2.52. The van der Waals surface area contributed by atoms with E-state index in [1.165, 1.54) is 42.6 Å². The Kier molecular flexibility index (Phi) is 12.4. The molecule has 0 saturated heterocycles. The van der Waals surface area contributed by atoms with Crippen molar-refractivity contribution >= 4 is 27.5 Å². The van der Waals surface area contributed by atoms with Crippen LogP contribution in [0.2, 0.25) is 0 Å². The number of rotatable bonds is 13. The third-order valence-corrected chi connectivity index (χ3v) is 11.1. The Hall–Kier alpha value is -4.66. The maximum absolute atomic E-state index is 14.9. The second kappa shape index (κ2) is 16.8. The third-order valence-electron chi connectivity index (χ3n) is 9.25. The summed E-state index contributed by atoms with van der Waals surface area (Å²) in [6, 6.07) is 20.3. The zero-order chi connectivity index (χ0) is 37.6. The molecule has 1 N–H and O–H groups in total. The molecule has 0 bridgehead atoms. The van der Waals surface area contributed by atoms with Gasteiger partial charge in [0.15, 0.2) is 28.2 Å². The van der Waals surface area contributed by atoms with Crippen molar-refractivity contribution in [1.29, 1.82) is 0 Å². The fourth-order valence-corrected chi connectivity index (χ4v) is 7.65. The Morgan fingerprint density at radius 3 is 1.94 bits per heavy atom. The summed E-state index contributed by atoms with van der Waals surface area (Å²) in [7, 11) is -3.33. The van der Waals surface area contributed by atoms with Crippen LogP contribution in [0.1, 0.15) is 65.1 Å². The van der Waals surface area contributed by atoms with Crippen molar-refractivity contribution in [2.24, 2.45) is 0 Å². The summed E-state index contributed by atoms with van der Waals surface area (Å²) in [5.41, 5.74) is 2.95. The second-order valence-electron chi connectivity index (χ2n) is 12.6. The van der Waals surface area contributed by atoms with Gasteiger partial charge in [-0.2, -0.15) is 4.31 Å². The van der Waals surface area contributed by atoms with E-state index in [-0.39, 0.29) is 28.7 Å². The monoisotopic (exact) mass is 743 g/mol. The summed E-state index contributed by atoms with van der Waals surface area (Å²) in [5, 5.41) is 2.50. The van der Waals surface area contributed by atoms with Gasteiger partial charge in [0.25, 0.3) is 5.91 Å². The van der Waals surface area contributed by atoms with Gasteiger partial charge in [0.05, 0.1) is 19.8 Å². The molecule has 2 amide bonds. The van der Waals surface area contributed by atoms with Crippen LogP contribution in [0.3, 0.4) is 0 Å². The normalized spacial score (nSPS) is 14.3. The predicted molar refractivity (Wildman–Crippen MR) is 184 cm³/mol. The van der Waals surface area contributed by atoms with Gasteiger partial charge in [-0.15, -0.1) is 0 Å². The maximum Gasteiger partial charge on any atom is 0.251 e. The molecular weight excluding hydrogens is 705 g/mol. The number of hydrogen-bond donors (Lipinski definition) is 1. The lowest BCUT2D eigenvalue weighted by atomic mass is 9.84. The van der Waals surface area contributed by atoms with Crippen LogP contribution in [0.25, 0.3) is 0 Å². The molecular formula is C38H38F5N3O5S. The number of halogens is 5. The number of anilines is 1. The number of sulfonamides is 1. The molecule has 4 aromatic carbocycles. The highest BCUT2D eigenvalue weighted by Crippen LogP contribution is 2.34. The summed E-state index contributed by atoms with van der Waals surface area (Å²) in [4.78, 5) is 26.0. The van der Waals surface area contributed by atoms with Crippen LogP contribution in [0.5, 0.6) is 0 Å². The molecule has 8 nitrogen and oxygen atoms in total. The van der Waals surface area contributed by atoms with Crippen molar-refractivity contribution in [2.75, 3.05) is 25.6 Å². The van der Waals surface area contributed by atoms with Gasteiger partial charge in [0.1, 0.15) is 6.04 Å². The number of likely N-dealkylation sites (N-methyl/N-ethyl adjacent to an activating group) is 1. The third kappa shape index (κ3) is 8.35. The molecule has 52 heavy (non-hydrogen) atoms. The molecule has 0 unspecified atom stereocenters. The smallest absolute Gasteiger partial charge is 0.251 e. The van der Waals surface area contributed by atoms with Crippen LogP contribution in [0.4, 0.5) is 27.6 Å². The maximum atomic E-state index is 14.9. The van der Waals surface area contributed by atoms with E-state index in [0.29, 0.717) is 17.0 Å². The minimum atomic E-state index is -5.57. The number of hydrogen-bond acceptors (Lipinski definition) is 5. The molecule has 0 aliphatic heterocycles. The molecule has 1 aliphatic carbocycles. The van der Waals surface area contributed by atoms with E-state index >= 15 is 0 Å². The number of amides is 2. The van der Waals surface area contributed by atoms with Crippen LogP contribution in [-0.4, -0.2) is 51.3 Å². The fourth-order valence-electron chi connectivity index (χ4n) is 6.24. The first kappa shape index (κ1) is 38.6. The molecule has 0 radical (unpaired) electrons. The predicted octanol–water partition coefficient (Wildman–Crippen LogP) is 7.23. The minimum Gasteiger partial charge on any atom is -0.375 e. The average Bonchev–Trinajstić information content (AvgIpc) is 3.17. The molecule has 1 fully saturated rings. The van der Waals surface area contributed by atoms with Crippen molar-refractivity contribution < 1.29 is 44.7 Å². The van der Waals surface area contributed by atoms with Crippen molar-refractivity contribution in [2.45, 2.75) is 62.1 Å². The fraction of sp³-hybridized carbons (Fsp3) is 0.316. The molecule has 0 spiro atoms. The minimum absolute atomic E-state index is 0.107. The van der Waals surface area contributed by atoms with Gasteiger partial charge in [0.2, 0.25) is 21.7 Å². The Morgan fingerprint density at radius 1 is 0.788 bits per heavy atom. The van der Waals surface area contributed by atoms with Crippen LogP contribution in [0.15, 0.2) is 83.8 Å². The first-order chi connectivity index (χ1) is 24.8. The van der Waals surface area contributed by atoms with Gasteiger partial charge in [0, 0.05) is 25.3 Å². The average molecular weight is 744 g/mol. The quantitative estimate of drug-likeness (QED) is 0.0887. The van der Waals surface area contributed by atoms with Crippen molar-refractivity contribution in [1.82, 2.24) is 9.62 Å². The lowest BCUT2D eigenvalue weighted by Gasteiger charge is -2.32. The van der Waals surface area contributed by atoms with Crippen molar-refractivity contribution in [3.63, 3.8) is 0 Å². The zero-order valence-electron chi connectivity index (χ0n) is 28.6. The second-order valence-corrected chi connectivity index (χ2v) is 14.5. The van der Waals surface area contributed by atoms with E-state index in [4.69, 9.17) is 4.74 Å². The van der Waals surface area contributed by atoms with E-state index in [2.05, 4.69) is 5.32 Å². The molecule has 4 aromatic rings. The number of nitrogens with zero attached hydrogens (tertiary/aromatic N) is 2. The molecule has 0 heterocycles. The first-order valence-electron chi connectivity index (χ1n) is 16.7. The molecule has 14 heteroatoms. The SMILES string of the molecule is CNC(=O)c1ccc(N(Cc2ccc(C3CCCCC3)cc2)C(=O)[C@@H](COCc2ccccc2)N(C)S(=O)(=O)c2c(F)c(F)c(F)c(F)c2F)cc1.